The standard InChI is InChI=1S/C22H35FN2O2/c1-27-16-6-3-12-22(26,18-9-8-13-24-17-18)19-10-7-11-20(23)21(19)25-14-4-2-5-15-25/h7,10-11,18,24,26H,2-6,8-9,12-17H2,1H3. The number of aliphatic hydroxyl groups is 1. The molecule has 1 aromatic carbocycles. The highest BCUT2D eigenvalue weighted by Crippen LogP contribution is 2.43. The van der Waals surface area contributed by atoms with Gasteiger partial charge in [-0.25, -0.2) is 4.39 Å². The summed E-state index contributed by atoms with van der Waals surface area (Å²) in [5, 5.41) is 15.4. The minimum atomic E-state index is -1.00. The zero-order valence-electron chi connectivity index (χ0n) is 16.7. The molecule has 0 bridgehead atoms. The molecular weight excluding hydrogens is 343 g/mol. The Morgan fingerprint density at radius 3 is 2.74 bits per heavy atom. The molecule has 152 valence electrons. The summed E-state index contributed by atoms with van der Waals surface area (Å²) in [5.74, 6) is -0.0902. The quantitative estimate of drug-likeness (QED) is 0.675. The highest BCUT2D eigenvalue weighted by molar-refractivity contribution is 5.58. The fraction of sp³-hybridized carbons (Fsp3) is 0.727. The van der Waals surface area contributed by atoms with Crippen molar-refractivity contribution >= 4 is 5.69 Å². The summed E-state index contributed by atoms with van der Waals surface area (Å²) in [4.78, 5) is 2.16. The average molecular weight is 379 g/mol. The van der Waals surface area contributed by atoms with Gasteiger partial charge in [0.05, 0.1) is 11.3 Å². The Morgan fingerprint density at radius 1 is 1.22 bits per heavy atom. The molecule has 2 unspecified atom stereocenters. The number of hydrogen-bond acceptors (Lipinski definition) is 4. The lowest BCUT2D eigenvalue weighted by Crippen LogP contribution is -2.45. The maximum absolute atomic E-state index is 15.0. The second-order valence-corrected chi connectivity index (χ2v) is 8.10. The third-order valence-electron chi connectivity index (χ3n) is 6.25. The largest absolute Gasteiger partial charge is 0.385 e. The average Bonchev–Trinajstić information content (AvgIpc) is 2.72. The van der Waals surface area contributed by atoms with Gasteiger partial charge in [0.2, 0.25) is 0 Å². The SMILES string of the molecule is COCCCCC(O)(c1cccc(F)c1N1CCCCC1)C1CCCNC1. The van der Waals surface area contributed by atoms with E-state index in [9.17, 15) is 9.50 Å². The lowest BCUT2D eigenvalue weighted by Gasteiger charge is -2.42. The van der Waals surface area contributed by atoms with Crippen LogP contribution in [0.15, 0.2) is 18.2 Å². The first kappa shape index (κ1) is 20.6. The normalized spacial score (nSPS) is 23.2. The zero-order chi connectivity index (χ0) is 19.1. The Bertz CT molecular complexity index is 586. The fourth-order valence-electron chi connectivity index (χ4n) is 4.76. The number of para-hydroxylation sites is 1. The molecule has 0 aromatic heterocycles. The van der Waals surface area contributed by atoms with Crippen LogP contribution in [0.1, 0.15) is 56.9 Å². The summed E-state index contributed by atoms with van der Waals surface area (Å²) >= 11 is 0. The van der Waals surface area contributed by atoms with Crippen LogP contribution >= 0.6 is 0 Å². The number of halogens is 1. The number of nitrogens with zero attached hydrogens (tertiary/aromatic N) is 1. The van der Waals surface area contributed by atoms with Crippen LogP contribution in [0.5, 0.6) is 0 Å². The van der Waals surface area contributed by atoms with Crippen molar-refractivity contribution in [1.29, 1.82) is 0 Å². The topological polar surface area (TPSA) is 44.7 Å². The Kier molecular flexibility index (Phi) is 7.50. The highest BCUT2D eigenvalue weighted by atomic mass is 19.1. The van der Waals surface area contributed by atoms with Gasteiger partial charge in [-0.15, -0.1) is 0 Å². The summed E-state index contributed by atoms with van der Waals surface area (Å²) < 4.78 is 20.2. The second kappa shape index (κ2) is 9.85. The van der Waals surface area contributed by atoms with E-state index >= 15 is 0 Å². The summed E-state index contributed by atoms with van der Waals surface area (Å²) in [6, 6.07) is 5.25. The number of anilines is 1. The number of hydrogen-bond donors (Lipinski definition) is 2. The molecule has 2 heterocycles. The molecule has 2 aliphatic heterocycles. The second-order valence-electron chi connectivity index (χ2n) is 8.10. The first-order chi connectivity index (χ1) is 13.2. The van der Waals surface area contributed by atoms with E-state index in [-0.39, 0.29) is 11.7 Å². The van der Waals surface area contributed by atoms with E-state index in [1.807, 2.05) is 6.07 Å². The summed E-state index contributed by atoms with van der Waals surface area (Å²) in [6.07, 6.45) is 7.84. The van der Waals surface area contributed by atoms with Crippen LogP contribution in [0.4, 0.5) is 10.1 Å². The van der Waals surface area contributed by atoms with E-state index in [1.54, 1.807) is 13.2 Å². The molecular formula is C22H35FN2O2. The molecule has 0 saturated carbocycles. The minimum Gasteiger partial charge on any atom is -0.385 e. The Hall–Kier alpha value is -1.17. The van der Waals surface area contributed by atoms with Gasteiger partial charge < -0.3 is 20.1 Å². The van der Waals surface area contributed by atoms with Crippen molar-refractivity contribution < 1.29 is 14.2 Å². The molecule has 2 atom stereocenters. The molecule has 4 nitrogen and oxygen atoms in total. The molecule has 2 aliphatic rings. The van der Waals surface area contributed by atoms with Gasteiger partial charge in [-0.3, -0.25) is 0 Å². The van der Waals surface area contributed by atoms with E-state index in [0.717, 1.165) is 70.3 Å². The third kappa shape index (κ3) is 4.82. The van der Waals surface area contributed by atoms with Gasteiger partial charge in [-0.1, -0.05) is 12.1 Å². The van der Waals surface area contributed by atoms with Crippen LogP contribution in [0, 0.1) is 11.7 Å². The first-order valence-corrected chi connectivity index (χ1v) is 10.6. The molecule has 0 amide bonds. The molecule has 3 rings (SSSR count). The van der Waals surface area contributed by atoms with E-state index in [2.05, 4.69) is 10.2 Å². The summed E-state index contributed by atoms with van der Waals surface area (Å²) in [6.45, 7) is 4.23. The van der Waals surface area contributed by atoms with E-state index in [1.165, 1.54) is 12.5 Å². The molecule has 0 aliphatic carbocycles. The van der Waals surface area contributed by atoms with Gasteiger partial charge in [0.15, 0.2) is 0 Å². The van der Waals surface area contributed by atoms with Gasteiger partial charge >= 0.3 is 0 Å². The van der Waals surface area contributed by atoms with Crippen molar-refractivity contribution in [3.8, 4) is 0 Å². The highest BCUT2D eigenvalue weighted by Gasteiger charge is 2.41. The Balaban J connectivity index is 1.94. The van der Waals surface area contributed by atoms with Crippen molar-refractivity contribution in [1.82, 2.24) is 5.32 Å². The number of rotatable bonds is 8. The predicted octanol–water partition coefficient (Wildman–Crippen LogP) is 3.82. The van der Waals surface area contributed by atoms with E-state index < -0.39 is 5.60 Å². The van der Waals surface area contributed by atoms with E-state index in [4.69, 9.17) is 4.74 Å². The Labute approximate surface area is 163 Å². The van der Waals surface area contributed by atoms with Crippen LogP contribution in [0.3, 0.4) is 0 Å². The van der Waals surface area contributed by atoms with Gasteiger partial charge in [-0.05, 0) is 64.0 Å². The van der Waals surface area contributed by atoms with Crippen LogP contribution in [-0.4, -0.2) is 45.0 Å². The first-order valence-electron chi connectivity index (χ1n) is 10.6. The molecule has 1 aromatic rings. The van der Waals surface area contributed by atoms with Crippen LogP contribution < -0.4 is 10.2 Å². The maximum atomic E-state index is 15.0. The van der Waals surface area contributed by atoms with Crippen molar-refractivity contribution in [2.24, 2.45) is 5.92 Å². The van der Waals surface area contributed by atoms with Crippen molar-refractivity contribution in [2.45, 2.75) is 57.0 Å². The van der Waals surface area contributed by atoms with Gasteiger partial charge in [0.1, 0.15) is 5.82 Å². The smallest absolute Gasteiger partial charge is 0.146 e. The lowest BCUT2D eigenvalue weighted by atomic mass is 9.73. The van der Waals surface area contributed by atoms with Gasteiger partial charge in [0.25, 0.3) is 0 Å². The minimum absolute atomic E-state index is 0.110. The van der Waals surface area contributed by atoms with Crippen LogP contribution in [-0.2, 0) is 10.3 Å². The molecule has 27 heavy (non-hydrogen) atoms. The van der Waals surface area contributed by atoms with Crippen molar-refractivity contribution in [3.63, 3.8) is 0 Å². The molecule has 0 spiro atoms. The molecule has 2 fully saturated rings. The number of unbranched alkanes of at least 4 members (excludes halogenated alkanes) is 1. The van der Waals surface area contributed by atoms with Crippen LogP contribution in [0.25, 0.3) is 0 Å². The van der Waals surface area contributed by atoms with Crippen molar-refractivity contribution in [2.75, 3.05) is 44.8 Å². The van der Waals surface area contributed by atoms with Crippen LogP contribution in [0.2, 0.25) is 0 Å². The number of methoxy groups -OCH3 is 1. The molecule has 5 heteroatoms. The number of ether oxygens (including phenoxy) is 1. The third-order valence-corrected chi connectivity index (χ3v) is 6.25. The molecule has 0 radical (unpaired) electrons. The number of nitrogens with one attached hydrogen (secondary N) is 1. The zero-order valence-corrected chi connectivity index (χ0v) is 16.7. The van der Waals surface area contributed by atoms with Crippen molar-refractivity contribution in [3.05, 3.63) is 29.6 Å². The summed E-state index contributed by atoms with van der Waals surface area (Å²) in [5.41, 5.74) is 0.420. The number of piperidine rings is 2. The lowest BCUT2D eigenvalue weighted by molar-refractivity contribution is -0.0432. The van der Waals surface area contributed by atoms with Gasteiger partial charge in [0, 0.05) is 44.8 Å². The Morgan fingerprint density at radius 2 is 2.04 bits per heavy atom. The van der Waals surface area contributed by atoms with E-state index in [0.29, 0.717) is 18.7 Å². The maximum Gasteiger partial charge on any atom is 0.146 e. The molecule has 2 saturated heterocycles. The predicted molar refractivity (Wildman–Crippen MR) is 108 cm³/mol. The van der Waals surface area contributed by atoms with Gasteiger partial charge in [-0.2, -0.15) is 0 Å². The fourth-order valence-corrected chi connectivity index (χ4v) is 4.76. The number of benzene rings is 1. The summed E-state index contributed by atoms with van der Waals surface area (Å²) in [7, 11) is 1.71. The molecule has 2 N–H and O–H groups in total. The monoisotopic (exact) mass is 378 g/mol.